The SMILES string of the molecule is Nc1ccccc1NC(=O)CCCC(=O)NCc1ccc([C@H]2O[C@@H](CSc3ccc(C(=O)O)cc3)C[C@@H](c3ccc(CO)cc3)O2)cc1. The Labute approximate surface area is 283 Å². The van der Waals surface area contributed by atoms with Gasteiger partial charge in [-0.3, -0.25) is 9.59 Å². The maximum atomic E-state index is 12.4. The highest BCUT2D eigenvalue weighted by molar-refractivity contribution is 7.99. The number of hydrogen-bond donors (Lipinski definition) is 5. The number of nitrogen functional groups attached to an aromatic ring is 1. The summed E-state index contributed by atoms with van der Waals surface area (Å²) in [4.78, 5) is 36.8. The molecule has 0 saturated carbocycles. The molecule has 11 heteroatoms. The smallest absolute Gasteiger partial charge is 0.335 e. The van der Waals surface area contributed by atoms with Gasteiger partial charge in [-0.15, -0.1) is 11.8 Å². The number of anilines is 2. The lowest BCUT2D eigenvalue weighted by molar-refractivity contribution is -0.245. The minimum absolute atomic E-state index is 0.0356. The van der Waals surface area contributed by atoms with E-state index in [1.165, 1.54) is 0 Å². The fourth-order valence-electron chi connectivity index (χ4n) is 5.22. The van der Waals surface area contributed by atoms with E-state index in [0.29, 0.717) is 36.5 Å². The predicted molar refractivity (Wildman–Crippen MR) is 184 cm³/mol. The summed E-state index contributed by atoms with van der Waals surface area (Å²) in [5.41, 5.74) is 10.7. The van der Waals surface area contributed by atoms with E-state index in [1.807, 2.05) is 48.5 Å². The summed E-state index contributed by atoms with van der Waals surface area (Å²) >= 11 is 1.59. The van der Waals surface area contributed by atoms with Crippen LogP contribution in [-0.4, -0.2) is 39.9 Å². The number of amides is 2. The fourth-order valence-corrected chi connectivity index (χ4v) is 6.14. The molecular formula is C37H39N3O7S. The molecule has 0 unspecified atom stereocenters. The second-order valence-electron chi connectivity index (χ2n) is 11.5. The first-order valence-corrected chi connectivity index (χ1v) is 16.7. The van der Waals surface area contributed by atoms with Crippen molar-refractivity contribution in [3.63, 3.8) is 0 Å². The average molecular weight is 670 g/mol. The Morgan fingerprint density at radius 3 is 2.17 bits per heavy atom. The zero-order chi connectivity index (χ0) is 33.9. The number of carbonyl (C=O) groups is 3. The Morgan fingerprint density at radius 1 is 0.812 bits per heavy atom. The van der Waals surface area contributed by atoms with Crippen LogP contribution in [0.1, 0.15) is 70.7 Å². The summed E-state index contributed by atoms with van der Waals surface area (Å²) in [6, 6.07) is 29.2. The fraction of sp³-hybridized carbons (Fsp3) is 0.270. The zero-order valence-electron chi connectivity index (χ0n) is 26.3. The van der Waals surface area contributed by atoms with Crippen LogP contribution in [0.3, 0.4) is 0 Å². The lowest BCUT2D eigenvalue weighted by Crippen LogP contribution is -2.31. The second kappa shape index (κ2) is 16.9. The molecule has 0 radical (unpaired) electrons. The van der Waals surface area contributed by atoms with E-state index < -0.39 is 12.3 Å². The lowest BCUT2D eigenvalue weighted by Gasteiger charge is -2.36. The van der Waals surface area contributed by atoms with Gasteiger partial charge in [-0.1, -0.05) is 60.7 Å². The largest absolute Gasteiger partial charge is 0.478 e. The summed E-state index contributed by atoms with van der Waals surface area (Å²) < 4.78 is 12.8. The van der Waals surface area contributed by atoms with Crippen LogP contribution in [0.4, 0.5) is 11.4 Å². The van der Waals surface area contributed by atoms with Crippen molar-refractivity contribution >= 4 is 40.9 Å². The van der Waals surface area contributed by atoms with E-state index in [0.717, 1.165) is 27.1 Å². The normalized spacial score (nSPS) is 17.4. The number of carboxylic acids is 1. The molecule has 0 aliphatic carbocycles. The molecule has 4 aromatic rings. The first-order chi connectivity index (χ1) is 23.3. The highest BCUT2D eigenvalue weighted by atomic mass is 32.2. The summed E-state index contributed by atoms with van der Waals surface area (Å²) in [7, 11) is 0. The number of nitrogens with two attached hydrogens (primary N) is 1. The number of ether oxygens (including phenoxy) is 2. The number of aromatic carboxylic acids is 1. The number of benzene rings is 4. The van der Waals surface area contributed by atoms with E-state index in [4.69, 9.17) is 15.2 Å². The molecule has 3 atom stereocenters. The molecule has 48 heavy (non-hydrogen) atoms. The number of thioether (sulfide) groups is 1. The topological polar surface area (TPSA) is 160 Å². The number of carbonyl (C=O) groups excluding carboxylic acids is 2. The molecule has 6 N–H and O–H groups in total. The van der Waals surface area contributed by atoms with Crippen LogP contribution < -0.4 is 16.4 Å². The van der Waals surface area contributed by atoms with Gasteiger partial charge in [0.05, 0.1) is 35.8 Å². The van der Waals surface area contributed by atoms with Gasteiger partial charge >= 0.3 is 5.97 Å². The highest BCUT2D eigenvalue weighted by Crippen LogP contribution is 2.39. The van der Waals surface area contributed by atoms with Crippen molar-refractivity contribution in [2.24, 2.45) is 0 Å². The number of nitrogens with one attached hydrogen (secondary N) is 2. The van der Waals surface area contributed by atoms with Crippen LogP contribution >= 0.6 is 11.8 Å². The van der Waals surface area contributed by atoms with E-state index in [9.17, 15) is 24.6 Å². The molecular weight excluding hydrogens is 630 g/mol. The summed E-state index contributed by atoms with van der Waals surface area (Å²) in [5.74, 6) is -0.650. The van der Waals surface area contributed by atoms with Crippen LogP contribution in [0.15, 0.2) is 102 Å². The Hall–Kier alpha value is -4.68. The highest BCUT2D eigenvalue weighted by Gasteiger charge is 2.32. The number of rotatable bonds is 14. The minimum Gasteiger partial charge on any atom is -0.478 e. The van der Waals surface area contributed by atoms with Gasteiger partial charge in [0.15, 0.2) is 6.29 Å². The summed E-state index contributed by atoms with van der Waals surface area (Å²) in [6.45, 7) is 0.310. The Kier molecular flexibility index (Phi) is 12.2. The van der Waals surface area contributed by atoms with Crippen LogP contribution in [0.5, 0.6) is 0 Å². The van der Waals surface area contributed by atoms with Crippen molar-refractivity contribution in [1.82, 2.24) is 5.32 Å². The first-order valence-electron chi connectivity index (χ1n) is 15.7. The average Bonchev–Trinajstić information content (AvgIpc) is 3.11. The molecule has 2 amide bonds. The van der Waals surface area contributed by atoms with Crippen molar-refractivity contribution in [3.05, 3.63) is 125 Å². The monoisotopic (exact) mass is 669 g/mol. The molecule has 4 aromatic carbocycles. The van der Waals surface area contributed by atoms with Crippen molar-refractivity contribution in [1.29, 1.82) is 0 Å². The predicted octanol–water partition coefficient (Wildman–Crippen LogP) is 6.22. The van der Waals surface area contributed by atoms with Crippen LogP contribution in [-0.2, 0) is 32.2 Å². The van der Waals surface area contributed by atoms with Crippen LogP contribution in [0.25, 0.3) is 0 Å². The van der Waals surface area contributed by atoms with Crippen molar-refractivity contribution in [3.8, 4) is 0 Å². The van der Waals surface area contributed by atoms with E-state index in [-0.39, 0.29) is 49.0 Å². The third-order valence-corrected chi connectivity index (χ3v) is 9.08. The maximum absolute atomic E-state index is 12.4. The molecule has 1 heterocycles. The third kappa shape index (κ3) is 9.91. The van der Waals surface area contributed by atoms with Gasteiger partial charge in [0, 0.05) is 42.0 Å². The molecule has 1 aliphatic heterocycles. The quantitative estimate of drug-likeness (QED) is 0.0776. The number of para-hydroxylation sites is 2. The Balaban J connectivity index is 1.14. The van der Waals surface area contributed by atoms with Gasteiger partial charge in [0.1, 0.15) is 0 Å². The van der Waals surface area contributed by atoms with Gasteiger partial charge in [-0.25, -0.2) is 4.79 Å². The summed E-state index contributed by atoms with van der Waals surface area (Å²) in [5, 5.41) is 24.3. The van der Waals surface area contributed by atoms with E-state index >= 15 is 0 Å². The lowest BCUT2D eigenvalue weighted by atomic mass is 10.0. The molecule has 1 aliphatic rings. The van der Waals surface area contributed by atoms with E-state index in [1.54, 1.807) is 60.3 Å². The summed E-state index contributed by atoms with van der Waals surface area (Å²) in [6.07, 6.45) is 0.466. The van der Waals surface area contributed by atoms with Gasteiger partial charge in [-0.05, 0) is 59.5 Å². The van der Waals surface area contributed by atoms with Crippen molar-refractivity contribution < 1.29 is 34.1 Å². The number of aliphatic hydroxyl groups excluding tert-OH is 1. The van der Waals surface area contributed by atoms with Gasteiger partial charge in [-0.2, -0.15) is 0 Å². The Morgan fingerprint density at radius 2 is 1.48 bits per heavy atom. The van der Waals surface area contributed by atoms with Gasteiger partial charge < -0.3 is 36.1 Å². The number of carboxylic acid groups (broad SMARTS) is 1. The zero-order valence-corrected chi connectivity index (χ0v) is 27.2. The van der Waals surface area contributed by atoms with Crippen LogP contribution in [0, 0.1) is 0 Å². The standard InChI is InChI=1S/C37H39N3O7S/c38-31-4-1-2-5-32(31)40-35(43)7-3-6-34(42)39-21-24-8-14-28(15-9-24)37-46-29(23-48-30-18-16-27(17-19-30)36(44)45)20-33(47-37)26-12-10-25(22-41)11-13-26/h1-2,4-5,8-19,29,33,37,41H,3,6-7,20-23,38H2,(H,39,42)(H,40,43)(H,44,45)/t29-,33+,37+/m1/s1. The number of aliphatic hydroxyl groups is 1. The molecule has 10 nitrogen and oxygen atoms in total. The maximum Gasteiger partial charge on any atom is 0.335 e. The number of hydrogen-bond acceptors (Lipinski definition) is 8. The molecule has 5 rings (SSSR count). The minimum atomic E-state index is -0.960. The van der Waals surface area contributed by atoms with Crippen molar-refractivity contribution in [2.45, 2.75) is 62.2 Å². The second-order valence-corrected chi connectivity index (χ2v) is 12.6. The third-order valence-electron chi connectivity index (χ3n) is 7.94. The van der Waals surface area contributed by atoms with Crippen LogP contribution in [0.2, 0.25) is 0 Å². The Bertz CT molecular complexity index is 1680. The molecule has 1 fully saturated rings. The molecule has 0 aromatic heterocycles. The molecule has 1 saturated heterocycles. The van der Waals surface area contributed by atoms with E-state index in [2.05, 4.69) is 10.6 Å². The molecule has 0 spiro atoms. The van der Waals surface area contributed by atoms with Gasteiger partial charge in [0.25, 0.3) is 0 Å². The van der Waals surface area contributed by atoms with Crippen molar-refractivity contribution in [2.75, 3.05) is 16.8 Å². The molecule has 0 bridgehead atoms. The first kappa shape index (κ1) is 34.6. The molecule has 250 valence electrons. The van der Waals surface area contributed by atoms with Gasteiger partial charge in [0.2, 0.25) is 11.8 Å².